The van der Waals surface area contributed by atoms with E-state index in [-0.39, 0.29) is 0 Å². The maximum atomic E-state index is 2.62. The maximum Gasteiger partial charge on any atom is 0.0887 e. The van der Waals surface area contributed by atoms with Gasteiger partial charge in [-0.1, -0.05) is 267 Å². The van der Waals surface area contributed by atoms with Crippen LogP contribution in [0.15, 0.2) is 121 Å². The fraction of sp³-hybridized carbons (Fsp3) is 0.441. The summed E-state index contributed by atoms with van der Waals surface area (Å²) in [6.45, 7) is 54.4. The Hall–Kier alpha value is -4.07. The van der Waals surface area contributed by atoms with Gasteiger partial charge < -0.3 is 0 Å². The lowest BCUT2D eigenvalue weighted by atomic mass is 9.82. The minimum Gasteiger partial charge on any atom is -0.0649 e. The Bertz CT molecular complexity index is 2810. The molecule has 7 aromatic rings. The summed E-state index contributed by atoms with van der Waals surface area (Å²) in [5, 5.41) is 11.6. The molecule has 7 rings (SSSR count). The van der Waals surface area contributed by atoms with Crippen molar-refractivity contribution < 1.29 is 0 Å². The number of benzene rings is 7. The predicted octanol–water partition coefficient (Wildman–Crippen LogP) is 19.7. The molecule has 0 amide bonds. The summed E-state index contributed by atoms with van der Waals surface area (Å²) in [7, 11) is -6.96. The second kappa shape index (κ2) is 20.9. The number of hydrogen-bond acceptors (Lipinski definition) is 0. The van der Waals surface area contributed by atoms with E-state index in [0.717, 1.165) is 0 Å². The van der Waals surface area contributed by atoms with Gasteiger partial charge in [-0.3, -0.25) is 0 Å². The van der Waals surface area contributed by atoms with Crippen LogP contribution in [0.2, 0.25) is 70.5 Å². The van der Waals surface area contributed by atoms with Gasteiger partial charge in [0.1, 0.15) is 0 Å². The van der Waals surface area contributed by atoms with Crippen molar-refractivity contribution >= 4 is 74.6 Å². The Kier molecular flexibility index (Phi) is 16.2. The van der Waals surface area contributed by atoms with Crippen LogP contribution in [-0.2, 0) is 0 Å². The van der Waals surface area contributed by atoms with Crippen molar-refractivity contribution in [3.63, 3.8) is 0 Å². The molecule has 0 aliphatic carbocycles. The Balaban J connectivity index is 1.59. The van der Waals surface area contributed by atoms with Gasteiger partial charge >= 0.3 is 0 Å². The van der Waals surface area contributed by atoms with Crippen LogP contribution < -0.4 is 20.7 Å². The lowest BCUT2D eigenvalue weighted by molar-refractivity contribution is 0.917. The van der Waals surface area contributed by atoms with Crippen LogP contribution in [0, 0.1) is 13.8 Å². The molecule has 0 nitrogen and oxygen atoms in total. The maximum absolute atomic E-state index is 2.62. The topological polar surface area (TPSA) is 0 Å². The first-order valence-electron chi connectivity index (χ1n) is 28.1. The van der Waals surface area contributed by atoms with Crippen molar-refractivity contribution in [2.45, 2.75) is 195 Å². The van der Waals surface area contributed by atoms with Gasteiger partial charge in [-0.25, -0.2) is 0 Å². The molecule has 382 valence electrons. The molecule has 0 aromatic heterocycles. The van der Waals surface area contributed by atoms with Crippen molar-refractivity contribution in [3.05, 3.63) is 132 Å². The smallest absolute Gasteiger partial charge is 0.0649 e. The van der Waals surface area contributed by atoms with E-state index in [2.05, 4.69) is 272 Å². The largest absolute Gasteiger partial charge is 0.0887 e. The zero-order valence-corrected chi connectivity index (χ0v) is 53.2. The minimum atomic E-state index is -1.79. The van der Waals surface area contributed by atoms with E-state index in [4.69, 9.17) is 0 Å². The van der Waals surface area contributed by atoms with Crippen LogP contribution in [-0.4, -0.2) is 32.3 Å². The summed E-state index contributed by atoms with van der Waals surface area (Å²) in [5.41, 5.74) is 18.6. The first kappa shape index (κ1) is 55.7. The van der Waals surface area contributed by atoms with Crippen molar-refractivity contribution in [3.8, 4) is 44.5 Å². The average molecular weight is 1020 g/mol. The van der Waals surface area contributed by atoms with Crippen LogP contribution in [0.25, 0.3) is 66.1 Å². The van der Waals surface area contributed by atoms with Crippen LogP contribution in [0.5, 0.6) is 0 Å². The lowest BCUT2D eigenvalue weighted by Crippen LogP contribution is -2.50. The number of aryl methyl sites for hydroxylation is 2. The van der Waals surface area contributed by atoms with E-state index in [0.29, 0.717) is 44.3 Å². The van der Waals surface area contributed by atoms with Crippen molar-refractivity contribution in [2.24, 2.45) is 0 Å². The van der Waals surface area contributed by atoms with E-state index in [1.807, 2.05) is 0 Å². The quantitative estimate of drug-likeness (QED) is 0.0668. The van der Waals surface area contributed by atoms with E-state index in [1.165, 1.54) is 77.2 Å². The Labute approximate surface area is 443 Å². The van der Waals surface area contributed by atoms with E-state index in [1.54, 1.807) is 20.7 Å². The standard InChI is InChI=1S/C68H94Si4/c1-43(2)69(19,44(3)4)57-29-23-53(24-30-57)55-27-35-63-65(41-55)67(61-37-33-59(39-51(61)17)71(21,47(9)10)48(11)12)64-36-28-56(54-25-31-58(32-26-54)70(20,45(5)6)46(7)8)42-66(64)68(63)62-38-34-60(40-52(62)18)72(22,49(13)14)50(15)16/h23-50H,1-22H3. The van der Waals surface area contributed by atoms with Gasteiger partial charge in [-0.15, -0.1) is 0 Å². The van der Waals surface area contributed by atoms with Gasteiger partial charge in [-0.05, 0) is 147 Å². The van der Waals surface area contributed by atoms with Crippen molar-refractivity contribution in [1.29, 1.82) is 0 Å². The lowest BCUT2D eigenvalue weighted by Gasteiger charge is -2.37. The molecule has 7 aromatic carbocycles. The molecule has 0 fully saturated rings. The summed E-state index contributed by atoms with van der Waals surface area (Å²) >= 11 is 0. The molecule has 0 bridgehead atoms. The molecule has 0 spiro atoms. The van der Waals surface area contributed by atoms with Gasteiger partial charge in [0, 0.05) is 0 Å². The van der Waals surface area contributed by atoms with Crippen LogP contribution in [0.1, 0.15) is 122 Å². The normalized spacial score (nSPS) is 13.3. The molecule has 0 saturated heterocycles. The predicted molar refractivity (Wildman–Crippen MR) is 338 cm³/mol. The number of fused-ring (bicyclic) bond motifs is 2. The van der Waals surface area contributed by atoms with Gasteiger partial charge in [0.15, 0.2) is 0 Å². The zero-order chi connectivity index (χ0) is 53.2. The summed E-state index contributed by atoms with van der Waals surface area (Å²) in [6, 6.07) is 49.8. The molecular formula is C68H94Si4. The molecule has 0 N–H and O–H groups in total. The second-order valence-electron chi connectivity index (χ2n) is 25.9. The van der Waals surface area contributed by atoms with Gasteiger partial charge in [0.05, 0.1) is 32.3 Å². The summed E-state index contributed by atoms with van der Waals surface area (Å²) < 4.78 is 0. The fourth-order valence-electron chi connectivity index (χ4n) is 13.1. The number of hydrogen-bond donors (Lipinski definition) is 0. The highest BCUT2D eigenvalue weighted by Gasteiger charge is 2.40. The van der Waals surface area contributed by atoms with E-state index in [9.17, 15) is 0 Å². The highest BCUT2D eigenvalue weighted by Crippen LogP contribution is 2.48. The third kappa shape index (κ3) is 9.40. The monoisotopic (exact) mass is 1020 g/mol. The van der Waals surface area contributed by atoms with Crippen LogP contribution in [0.4, 0.5) is 0 Å². The Morgan fingerprint density at radius 3 is 0.736 bits per heavy atom. The minimum absolute atomic E-state index is 0.648. The van der Waals surface area contributed by atoms with Gasteiger partial charge in [0.25, 0.3) is 0 Å². The van der Waals surface area contributed by atoms with E-state index < -0.39 is 32.3 Å². The molecule has 0 saturated carbocycles. The first-order valence-corrected chi connectivity index (χ1v) is 38.8. The molecule has 0 radical (unpaired) electrons. The summed E-state index contributed by atoms with van der Waals surface area (Å²) in [5.74, 6) is 0. The Morgan fingerprint density at radius 2 is 0.486 bits per heavy atom. The fourth-order valence-corrected chi connectivity index (χ4v) is 27.5. The van der Waals surface area contributed by atoms with Gasteiger partial charge in [-0.2, -0.15) is 0 Å². The van der Waals surface area contributed by atoms with Crippen LogP contribution in [0.3, 0.4) is 0 Å². The van der Waals surface area contributed by atoms with Gasteiger partial charge in [0.2, 0.25) is 0 Å². The Morgan fingerprint density at radius 1 is 0.250 bits per heavy atom. The SMILES string of the molecule is Cc1cc([Si](C)(C(C)C)C(C)C)ccc1-c1c2ccc(-c3ccc([Si](C)(C(C)C)C(C)C)cc3)cc2c(-c2ccc([Si](C)(C(C)C)C(C)C)cc2C)c2ccc(-c3ccc([Si](C)(C(C)C)C(C)C)cc3)cc12. The molecule has 0 atom stereocenters. The molecule has 0 aliphatic heterocycles. The number of rotatable bonds is 16. The molecule has 0 unspecified atom stereocenters. The van der Waals surface area contributed by atoms with Crippen molar-refractivity contribution in [1.82, 2.24) is 0 Å². The molecule has 0 aliphatic rings. The van der Waals surface area contributed by atoms with Crippen molar-refractivity contribution in [2.75, 3.05) is 0 Å². The highest BCUT2D eigenvalue weighted by atomic mass is 28.3. The zero-order valence-electron chi connectivity index (χ0n) is 49.2. The van der Waals surface area contributed by atoms with Crippen LogP contribution >= 0.6 is 0 Å². The second-order valence-corrected chi connectivity index (χ2v) is 47.7. The molecule has 72 heavy (non-hydrogen) atoms. The summed E-state index contributed by atoms with van der Waals surface area (Å²) in [4.78, 5) is 0. The molecule has 4 heteroatoms. The molecule has 0 heterocycles. The summed E-state index contributed by atoms with van der Waals surface area (Å²) in [6.07, 6.45) is 0. The third-order valence-corrected chi connectivity index (χ3v) is 46.1. The average Bonchev–Trinajstić information content (AvgIpc) is 3.34. The van der Waals surface area contributed by atoms with E-state index >= 15 is 0 Å². The molecular weight excluding hydrogens is 929 g/mol. The third-order valence-electron chi connectivity index (χ3n) is 20.6. The first-order chi connectivity index (χ1) is 33.7. The highest BCUT2D eigenvalue weighted by molar-refractivity contribution is 6.94.